The van der Waals surface area contributed by atoms with Crippen LogP contribution in [0.2, 0.25) is 5.02 Å². The number of carbonyl (C=O) groups is 1. The first kappa shape index (κ1) is 13.4. The Labute approximate surface area is 114 Å². The van der Waals surface area contributed by atoms with Gasteiger partial charge in [-0.25, -0.2) is 9.18 Å². The highest BCUT2D eigenvalue weighted by Crippen LogP contribution is 2.17. The van der Waals surface area contributed by atoms with Gasteiger partial charge in [0, 0.05) is 13.2 Å². The number of anilines is 1. The van der Waals surface area contributed by atoms with E-state index in [1.807, 2.05) is 0 Å². The summed E-state index contributed by atoms with van der Waals surface area (Å²) in [4.78, 5) is 11.8. The fourth-order valence-corrected chi connectivity index (χ4v) is 1.85. The van der Waals surface area contributed by atoms with Gasteiger partial charge in [-0.1, -0.05) is 17.7 Å². The van der Waals surface area contributed by atoms with E-state index in [9.17, 15) is 9.18 Å². The second-order valence-electron chi connectivity index (χ2n) is 4.09. The van der Waals surface area contributed by atoms with Gasteiger partial charge in [-0.05, 0) is 23.8 Å². The summed E-state index contributed by atoms with van der Waals surface area (Å²) in [6, 6.07) is 5.68. The number of rotatable bonds is 3. The minimum Gasteiger partial charge on any atom is -0.456 e. The molecule has 2 N–H and O–H groups in total. The lowest BCUT2D eigenvalue weighted by atomic mass is 10.2. The summed E-state index contributed by atoms with van der Waals surface area (Å²) in [5.41, 5.74) is 7.02. The average molecular weight is 283 g/mol. The molecular formula is C13H12ClFN2O2. The van der Waals surface area contributed by atoms with E-state index in [2.05, 4.69) is 0 Å². The van der Waals surface area contributed by atoms with Crippen molar-refractivity contribution in [2.75, 3.05) is 5.73 Å². The van der Waals surface area contributed by atoms with E-state index in [0.29, 0.717) is 16.9 Å². The number of carbonyl (C=O) groups excluding carboxylic acids is 1. The number of hydrogen-bond donors (Lipinski definition) is 1. The van der Waals surface area contributed by atoms with Crippen molar-refractivity contribution in [2.45, 2.75) is 6.61 Å². The molecule has 0 spiro atoms. The van der Waals surface area contributed by atoms with Gasteiger partial charge >= 0.3 is 5.97 Å². The van der Waals surface area contributed by atoms with Gasteiger partial charge in [0.25, 0.3) is 0 Å². The molecule has 100 valence electrons. The minimum atomic E-state index is -0.507. The Morgan fingerprint density at radius 1 is 1.47 bits per heavy atom. The van der Waals surface area contributed by atoms with Crippen LogP contribution in [-0.4, -0.2) is 10.5 Å². The van der Waals surface area contributed by atoms with Gasteiger partial charge in [0.1, 0.15) is 18.1 Å². The summed E-state index contributed by atoms with van der Waals surface area (Å²) in [5.74, 6) is -1.01. The summed E-state index contributed by atoms with van der Waals surface area (Å²) < 4.78 is 19.6. The average Bonchev–Trinajstić information content (AvgIpc) is 2.70. The predicted molar refractivity (Wildman–Crippen MR) is 70.4 cm³/mol. The zero-order valence-electron chi connectivity index (χ0n) is 10.2. The molecule has 0 fully saturated rings. The van der Waals surface area contributed by atoms with E-state index < -0.39 is 11.8 Å². The van der Waals surface area contributed by atoms with Gasteiger partial charge in [0.15, 0.2) is 0 Å². The number of aromatic nitrogens is 1. The lowest BCUT2D eigenvalue weighted by Gasteiger charge is -2.06. The molecule has 0 aliphatic rings. The molecule has 1 heterocycles. The summed E-state index contributed by atoms with van der Waals surface area (Å²) in [7, 11) is 1.70. The summed E-state index contributed by atoms with van der Waals surface area (Å²) in [6.45, 7) is 0.0178. The number of hydrogen-bond acceptors (Lipinski definition) is 3. The van der Waals surface area contributed by atoms with E-state index in [0.717, 1.165) is 0 Å². The van der Waals surface area contributed by atoms with E-state index in [4.69, 9.17) is 22.1 Å². The largest absolute Gasteiger partial charge is 0.456 e. The maximum absolute atomic E-state index is 13.0. The summed E-state index contributed by atoms with van der Waals surface area (Å²) >= 11 is 5.64. The molecule has 0 aliphatic heterocycles. The van der Waals surface area contributed by atoms with Crippen LogP contribution in [0.1, 0.15) is 16.1 Å². The van der Waals surface area contributed by atoms with Crippen LogP contribution in [0, 0.1) is 5.82 Å². The fourth-order valence-electron chi connectivity index (χ4n) is 1.65. The standard InChI is InChI=1S/C13H12ClFN2O2/c1-17-6-9(16)5-12(17)13(18)19-7-8-2-3-11(15)10(14)4-8/h2-6H,7,16H2,1H3. The second-order valence-corrected chi connectivity index (χ2v) is 4.50. The molecule has 0 unspecified atom stereocenters. The van der Waals surface area contributed by atoms with E-state index in [1.54, 1.807) is 17.8 Å². The van der Waals surface area contributed by atoms with Crippen LogP contribution in [0.5, 0.6) is 0 Å². The molecule has 2 rings (SSSR count). The van der Waals surface area contributed by atoms with Crippen molar-refractivity contribution in [3.63, 3.8) is 0 Å². The highest BCUT2D eigenvalue weighted by Gasteiger charge is 2.12. The molecule has 0 atom stereocenters. The van der Waals surface area contributed by atoms with Crippen LogP contribution in [0.3, 0.4) is 0 Å². The van der Waals surface area contributed by atoms with Gasteiger partial charge in [-0.3, -0.25) is 0 Å². The molecule has 19 heavy (non-hydrogen) atoms. The SMILES string of the molecule is Cn1cc(N)cc1C(=O)OCc1ccc(F)c(Cl)c1. The lowest BCUT2D eigenvalue weighted by molar-refractivity contribution is 0.0461. The first-order chi connectivity index (χ1) is 8.97. The smallest absolute Gasteiger partial charge is 0.355 e. The number of ether oxygens (including phenoxy) is 1. The molecular weight excluding hydrogens is 271 g/mol. The Morgan fingerprint density at radius 3 is 2.79 bits per heavy atom. The van der Waals surface area contributed by atoms with Crippen LogP contribution in [0.25, 0.3) is 0 Å². The summed E-state index contributed by atoms with van der Waals surface area (Å²) in [6.07, 6.45) is 1.62. The Hall–Kier alpha value is -2.01. The van der Waals surface area contributed by atoms with Crippen molar-refractivity contribution >= 4 is 23.3 Å². The van der Waals surface area contributed by atoms with Crippen molar-refractivity contribution < 1.29 is 13.9 Å². The normalized spacial score (nSPS) is 10.5. The van der Waals surface area contributed by atoms with Crippen molar-refractivity contribution in [1.82, 2.24) is 4.57 Å². The van der Waals surface area contributed by atoms with Gasteiger partial charge in [0.05, 0.1) is 10.7 Å². The molecule has 0 saturated heterocycles. The van der Waals surface area contributed by atoms with E-state index in [-0.39, 0.29) is 11.6 Å². The number of nitrogens with zero attached hydrogens (tertiary/aromatic N) is 1. The van der Waals surface area contributed by atoms with Crippen LogP contribution in [-0.2, 0) is 18.4 Å². The van der Waals surface area contributed by atoms with E-state index in [1.165, 1.54) is 24.3 Å². The van der Waals surface area contributed by atoms with Crippen LogP contribution >= 0.6 is 11.6 Å². The van der Waals surface area contributed by atoms with Crippen LogP contribution in [0.4, 0.5) is 10.1 Å². The minimum absolute atomic E-state index is 0.00309. The van der Waals surface area contributed by atoms with Crippen molar-refractivity contribution in [3.8, 4) is 0 Å². The number of esters is 1. The fraction of sp³-hybridized carbons (Fsp3) is 0.154. The number of aryl methyl sites for hydroxylation is 1. The molecule has 1 aromatic heterocycles. The molecule has 0 radical (unpaired) electrons. The first-order valence-corrected chi connectivity index (χ1v) is 5.88. The van der Waals surface area contributed by atoms with Gasteiger partial charge < -0.3 is 15.0 Å². The molecule has 4 nitrogen and oxygen atoms in total. The van der Waals surface area contributed by atoms with Crippen molar-refractivity contribution in [3.05, 3.63) is 52.6 Å². The van der Waals surface area contributed by atoms with Crippen LogP contribution < -0.4 is 5.73 Å². The van der Waals surface area contributed by atoms with Gasteiger partial charge in [-0.15, -0.1) is 0 Å². The molecule has 0 bridgehead atoms. The Balaban J connectivity index is 2.04. The molecule has 6 heteroatoms. The maximum atomic E-state index is 13.0. The third kappa shape index (κ3) is 3.06. The maximum Gasteiger partial charge on any atom is 0.355 e. The zero-order valence-corrected chi connectivity index (χ0v) is 10.9. The Morgan fingerprint density at radius 2 is 2.21 bits per heavy atom. The van der Waals surface area contributed by atoms with E-state index >= 15 is 0 Å². The first-order valence-electron chi connectivity index (χ1n) is 5.50. The number of nitrogen functional groups attached to an aromatic ring is 1. The molecule has 0 aliphatic carbocycles. The topological polar surface area (TPSA) is 57.2 Å². The Bertz CT molecular complexity index is 625. The third-order valence-corrected chi connectivity index (χ3v) is 2.88. The third-order valence-electron chi connectivity index (χ3n) is 2.59. The zero-order chi connectivity index (χ0) is 14.0. The highest BCUT2D eigenvalue weighted by atomic mass is 35.5. The monoisotopic (exact) mass is 282 g/mol. The lowest BCUT2D eigenvalue weighted by Crippen LogP contribution is -2.09. The molecule has 0 amide bonds. The predicted octanol–water partition coefficient (Wildman–Crippen LogP) is 2.76. The molecule has 0 saturated carbocycles. The van der Waals surface area contributed by atoms with Crippen LogP contribution in [0.15, 0.2) is 30.5 Å². The number of nitrogens with two attached hydrogens (primary N) is 1. The Kier molecular flexibility index (Phi) is 3.76. The number of halogens is 2. The van der Waals surface area contributed by atoms with Crippen molar-refractivity contribution in [1.29, 1.82) is 0 Å². The van der Waals surface area contributed by atoms with Gasteiger partial charge in [-0.2, -0.15) is 0 Å². The van der Waals surface area contributed by atoms with Gasteiger partial charge in [0.2, 0.25) is 0 Å². The number of benzene rings is 1. The molecule has 1 aromatic carbocycles. The highest BCUT2D eigenvalue weighted by molar-refractivity contribution is 6.30. The second kappa shape index (κ2) is 5.32. The summed E-state index contributed by atoms with van der Waals surface area (Å²) in [5, 5.41) is -0.00309. The quantitative estimate of drug-likeness (QED) is 0.881. The molecule has 2 aromatic rings. The van der Waals surface area contributed by atoms with Crippen molar-refractivity contribution in [2.24, 2.45) is 7.05 Å².